The van der Waals surface area contributed by atoms with Crippen molar-refractivity contribution in [1.29, 1.82) is 5.26 Å². The third-order valence-corrected chi connectivity index (χ3v) is 7.99. The molecule has 10 heteroatoms. The number of para-hydroxylation sites is 1. The van der Waals surface area contributed by atoms with Crippen LogP contribution in [0.25, 0.3) is 0 Å². The van der Waals surface area contributed by atoms with E-state index in [4.69, 9.17) is 46.4 Å². The first-order valence-electron chi connectivity index (χ1n) is 10.2. The van der Waals surface area contributed by atoms with Gasteiger partial charge in [-0.05, 0) is 48.4 Å². The van der Waals surface area contributed by atoms with Crippen molar-refractivity contribution < 1.29 is 9.59 Å². The Hall–Kier alpha value is -2.66. The van der Waals surface area contributed by atoms with E-state index in [0.717, 1.165) is 11.8 Å². The Kier molecular flexibility index (Phi) is 7.95. The molecular formula is C25H15Cl4N3O2S. The third kappa shape index (κ3) is 5.45. The van der Waals surface area contributed by atoms with Gasteiger partial charge in [0.2, 0.25) is 5.91 Å². The second-order valence-corrected chi connectivity index (χ2v) is 10.2. The molecule has 4 rings (SSSR count). The summed E-state index contributed by atoms with van der Waals surface area (Å²) in [7, 11) is 0. The van der Waals surface area contributed by atoms with Crippen LogP contribution in [0, 0.1) is 11.3 Å². The maximum Gasteiger partial charge on any atom is 0.269 e. The number of nitriles is 1. The van der Waals surface area contributed by atoms with E-state index >= 15 is 0 Å². The van der Waals surface area contributed by atoms with Crippen molar-refractivity contribution in [2.24, 2.45) is 0 Å². The molecule has 1 aliphatic rings. The third-order valence-electron chi connectivity index (χ3n) is 5.13. The summed E-state index contributed by atoms with van der Waals surface area (Å²) in [5, 5.41) is 13.5. The molecule has 1 fully saturated rings. The molecule has 176 valence electrons. The van der Waals surface area contributed by atoms with Crippen LogP contribution in [0.4, 0.5) is 11.4 Å². The fourth-order valence-corrected chi connectivity index (χ4v) is 5.46. The number of carbonyl (C=O) groups is 2. The number of benzene rings is 3. The minimum absolute atomic E-state index is 0.210. The molecule has 1 aliphatic heterocycles. The molecule has 1 N–H and O–H groups in total. The van der Waals surface area contributed by atoms with Gasteiger partial charge in [-0.15, -0.1) is 0 Å². The first-order valence-corrected chi connectivity index (χ1v) is 12.6. The molecular weight excluding hydrogens is 548 g/mol. The lowest BCUT2D eigenvalue weighted by molar-refractivity contribution is -0.117. The van der Waals surface area contributed by atoms with Crippen molar-refractivity contribution in [3.8, 4) is 6.07 Å². The van der Waals surface area contributed by atoms with Gasteiger partial charge in [-0.3, -0.25) is 14.5 Å². The van der Waals surface area contributed by atoms with Crippen LogP contribution in [0.2, 0.25) is 20.1 Å². The Labute approximate surface area is 226 Å². The van der Waals surface area contributed by atoms with Gasteiger partial charge in [0.25, 0.3) is 5.91 Å². The first-order chi connectivity index (χ1) is 16.8. The van der Waals surface area contributed by atoms with Crippen LogP contribution in [0.1, 0.15) is 5.56 Å². The summed E-state index contributed by atoms with van der Waals surface area (Å²) in [5.74, 6) is -0.953. The average molecular weight is 563 g/mol. The summed E-state index contributed by atoms with van der Waals surface area (Å²) in [6, 6.07) is 20.6. The number of rotatable bonds is 5. The largest absolute Gasteiger partial charge is 0.321 e. The van der Waals surface area contributed by atoms with Gasteiger partial charge in [0.15, 0.2) is 0 Å². The summed E-state index contributed by atoms with van der Waals surface area (Å²) >= 11 is 25.6. The van der Waals surface area contributed by atoms with E-state index in [2.05, 4.69) is 5.32 Å². The predicted octanol–water partition coefficient (Wildman–Crippen LogP) is 7.37. The Balaban J connectivity index is 1.73. The van der Waals surface area contributed by atoms with Crippen LogP contribution in [0.15, 0.2) is 77.3 Å². The zero-order valence-electron chi connectivity index (χ0n) is 17.8. The number of halogens is 4. The van der Waals surface area contributed by atoms with E-state index in [1.165, 1.54) is 17.0 Å². The monoisotopic (exact) mass is 561 g/mol. The SMILES string of the molecule is N#C/C(C(=O)Nc1ccc(Cl)c(Cl)c1)=C1/S[C@@H](Cc2cccc(Cl)c2Cl)C(=O)N1c1ccccc1. The van der Waals surface area contributed by atoms with Crippen molar-refractivity contribution in [3.05, 3.63) is 103 Å². The maximum atomic E-state index is 13.5. The normalized spacial score (nSPS) is 16.7. The van der Waals surface area contributed by atoms with E-state index in [1.807, 2.05) is 12.1 Å². The van der Waals surface area contributed by atoms with Crippen molar-refractivity contribution in [1.82, 2.24) is 0 Å². The van der Waals surface area contributed by atoms with Crippen LogP contribution < -0.4 is 10.2 Å². The Morgan fingerprint density at radius 2 is 1.71 bits per heavy atom. The highest BCUT2D eigenvalue weighted by molar-refractivity contribution is 8.05. The highest BCUT2D eigenvalue weighted by atomic mass is 35.5. The topological polar surface area (TPSA) is 73.2 Å². The number of anilines is 2. The van der Waals surface area contributed by atoms with Crippen LogP contribution >= 0.6 is 58.2 Å². The second kappa shape index (κ2) is 10.9. The van der Waals surface area contributed by atoms with Crippen molar-refractivity contribution in [3.63, 3.8) is 0 Å². The molecule has 5 nitrogen and oxygen atoms in total. The van der Waals surface area contributed by atoms with Gasteiger partial charge in [-0.1, -0.05) is 88.5 Å². The summed E-state index contributed by atoms with van der Waals surface area (Å²) < 4.78 is 0. The van der Waals surface area contributed by atoms with Crippen LogP contribution in [-0.2, 0) is 16.0 Å². The number of hydrogen-bond donors (Lipinski definition) is 1. The van der Waals surface area contributed by atoms with Crippen molar-refractivity contribution >= 4 is 81.4 Å². The lowest BCUT2D eigenvalue weighted by Gasteiger charge is -2.18. The first kappa shape index (κ1) is 25.4. The Morgan fingerprint density at radius 3 is 2.40 bits per heavy atom. The van der Waals surface area contributed by atoms with E-state index in [9.17, 15) is 14.9 Å². The Bertz CT molecular complexity index is 1390. The van der Waals surface area contributed by atoms with Crippen molar-refractivity contribution in [2.45, 2.75) is 11.7 Å². The molecule has 0 aromatic heterocycles. The molecule has 0 bridgehead atoms. The molecule has 3 aromatic carbocycles. The van der Waals surface area contributed by atoms with Gasteiger partial charge >= 0.3 is 0 Å². The highest BCUT2D eigenvalue weighted by Crippen LogP contribution is 2.43. The van der Waals surface area contributed by atoms with E-state index in [1.54, 1.807) is 48.5 Å². The van der Waals surface area contributed by atoms with Crippen molar-refractivity contribution in [2.75, 3.05) is 10.2 Å². The lowest BCUT2D eigenvalue weighted by Crippen LogP contribution is -2.31. The predicted molar refractivity (Wildman–Crippen MR) is 143 cm³/mol. The molecule has 35 heavy (non-hydrogen) atoms. The molecule has 2 amide bonds. The highest BCUT2D eigenvalue weighted by Gasteiger charge is 2.41. The fraction of sp³-hybridized carbons (Fsp3) is 0.0800. The van der Waals surface area contributed by atoms with Crippen LogP contribution in [-0.4, -0.2) is 17.1 Å². The summed E-state index contributed by atoms with van der Waals surface area (Å²) in [6.45, 7) is 0. The molecule has 1 atom stereocenters. The standard InChI is InChI=1S/C25H15Cl4N3O2S/c26-18-10-9-15(12-20(18)28)31-23(33)17(13-30)25-32(16-6-2-1-3-7-16)24(34)21(35-25)11-14-5-4-8-19(27)22(14)29/h1-10,12,21H,11H2,(H,31,33)/b25-17-/t21-/m0/s1. The number of amides is 2. The van der Waals surface area contributed by atoms with Gasteiger partial charge in [-0.2, -0.15) is 5.26 Å². The van der Waals surface area contributed by atoms with Gasteiger partial charge in [0.05, 0.1) is 25.3 Å². The maximum absolute atomic E-state index is 13.5. The number of hydrogen-bond acceptors (Lipinski definition) is 4. The van der Waals surface area contributed by atoms with E-state index in [-0.39, 0.29) is 28.0 Å². The van der Waals surface area contributed by atoms with Gasteiger partial charge in [0, 0.05) is 11.4 Å². The zero-order valence-corrected chi connectivity index (χ0v) is 21.6. The second-order valence-electron chi connectivity index (χ2n) is 7.41. The molecule has 0 spiro atoms. The smallest absolute Gasteiger partial charge is 0.269 e. The van der Waals surface area contributed by atoms with E-state index in [0.29, 0.717) is 32.0 Å². The molecule has 0 radical (unpaired) electrons. The summed E-state index contributed by atoms with van der Waals surface area (Å²) in [4.78, 5) is 28.0. The van der Waals surface area contributed by atoms with Gasteiger partial charge in [-0.25, -0.2) is 0 Å². The number of nitrogens with one attached hydrogen (secondary N) is 1. The average Bonchev–Trinajstić information content (AvgIpc) is 3.15. The summed E-state index contributed by atoms with van der Waals surface area (Å²) in [5.41, 5.74) is 1.38. The van der Waals surface area contributed by atoms with Gasteiger partial charge in [0.1, 0.15) is 16.7 Å². The number of nitrogens with zero attached hydrogens (tertiary/aromatic N) is 2. The Morgan fingerprint density at radius 1 is 0.971 bits per heavy atom. The molecule has 0 unspecified atom stereocenters. The fourth-order valence-electron chi connectivity index (χ4n) is 3.47. The zero-order chi connectivity index (χ0) is 25.1. The number of thioether (sulfide) groups is 1. The lowest BCUT2D eigenvalue weighted by atomic mass is 10.1. The molecule has 0 aliphatic carbocycles. The minimum Gasteiger partial charge on any atom is -0.321 e. The molecule has 3 aromatic rings. The minimum atomic E-state index is -0.677. The van der Waals surface area contributed by atoms with Crippen LogP contribution in [0.5, 0.6) is 0 Å². The van der Waals surface area contributed by atoms with Gasteiger partial charge < -0.3 is 5.32 Å². The molecule has 1 saturated heterocycles. The molecule has 0 saturated carbocycles. The molecule has 1 heterocycles. The number of carbonyl (C=O) groups excluding carboxylic acids is 2. The van der Waals surface area contributed by atoms with E-state index < -0.39 is 11.2 Å². The van der Waals surface area contributed by atoms with Crippen LogP contribution in [0.3, 0.4) is 0 Å². The quantitative estimate of drug-likeness (QED) is 0.260. The summed E-state index contributed by atoms with van der Waals surface area (Å²) in [6.07, 6.45) is 0.267.